The second-order valence-corrected chi connectivity index (χ2v) is 2.62. The van der Waals surface area contributed by atoms with E-state index in [1.165, 1.54) is 0 Å². The summed E-state index contributed by atoms with van der Waals surface area (Å²) in [5.74, 6) is 0. The number of hydrogen-bond acceptors (Lipinski definition) is 3. The number of carbonyl (C=O) groups excluding carboxylic acids is 1. The second kappa shape index (κ2) is 5.27. The monoisotopic (exact) mass is 158 g/mol. The zero-order valence-electron chi connectivity index (χ0n) is 6.62. The van der Waals surface area contributed by atoms with Gasteiger partial charge in [-0.2, -0.15) is 0 Å². The molecule has 0 saturated carbocycles. The molecule has 0 amide bonds. The second-order valence-electron chi connectivity index (χ2n) is 2.62. The Morgan fingerprint density at radius 3 is 2.64 bits per heavy atom. The predicted octanol–water partition coefficient (Wildman–Crippen LogP) is 1.12. The van der Waals surface area contributed by atoms with Crippen molar-refractivity contribution in [2.45, 2.75) is 32.0 Å². The molecule has 1 fully saturated rings. The van der Waals surface area contributed by atoms with Crippen LogP contribution in [0.15, 0.2) is 0 Å². The van der Waals surface area contributed by atoms with Gasteiger partial charge < -0.3 is 14.3 Å². The average Bonchev–Trinajstić information content (AvgIpc) is 2.50. The first kappa shape index (κ1) is 8.68. The molecule has 0 bridgehead atoms. The maximum Gasteiger partial charge on any atom is 0.157 e. The standard InChI is InChI=1S/C8H14O3/c9-5-3-1-2-4-8-10-6-7-11-8/h5,8H,1-4,6-7H2. The molecule has 0 aromatic carbocycles. The first-order chi connectivity index (χ1) is 5.43. The fraction of sp³-hybridized carbons (Fsp3) is 0.875. The number of ether oxygens (including phenoxy) is 2. The van der Waals surface area contributed by atoms with Crippen LogP contribution in [0, 0.1) is 0 Å². The Kier molecular flexibility index (Phi) is 4.16. The van der Waals surface area contributed by atoms with Gasteiger partial charge in [-0.1, -0.05) is 0 Å². The van der Waals surface area contributed by atoms with Gasteiger partial charge >= 0.3 is 0 Å². The highest BCUT2D eigenvalue weighted by Gasteiger charge is 2.14. The summed E-state index contributed by atoms with van der Waals surface area (Å²) in [6, 6.07) is 0. The van der Waals surface area contributed by atoms with E-state index in [1.807, 2.05) is 0 Å². The highest BCUT2D eigenvalue weighted by atomic mass is 16.7. The Morgan fingerprint density at radius 1 is 1.27 bits per heavy atom. The molecule has 0 atom stereocenters. The van der Waals surface area contributed by atoms with Crippen LogP contribution in [0.1, 0.15) is 25.7 Å². The maximum atomic E-state index is 9.94. The molecule has 0 radical (unpaired) electrons. The van der Waals surface area contributed by atoms with E-state index in [0.29, 0.717) is 6.42 Å². The molecule has 3 heteroatoms. The lowest BCUT2D eigenvalue weighted by atomic mass is 10.2. The van der Waals surface area contributed by atoms with Crippen LogP contribution < -0.4 is 0 Å². The Hall–Kier alpha value is -0.410. The third kappa shape index (κ3) is 3.49. The summed E-state index contributed by atoms with van der Waals surface area (Å²) in [5.41, 5.74) is 0. The van der Waals surface area contributed by atoms with Crippen molar-refractivity contribution < 1.29 is 14.3 Å². The Balaban J connectivity index is 1.89. The molecule has 11 heavy (non-hydrogen) atoms. The van der Waals surface area contributed by atoms with E-state index in [9.17, 15) is 4.79 Å². The van der Waals surface area contributed by atoms with E-state index >= 15 is 0 Å². The summed E-state index contributed by atoms with van der Waals surface area (Å²) in [6.07, 6.45) is 4.51. The Morgan fingerprint density at radius 2 is 2.00 bits per heavy atom. The summed E-state index contributed by atoms with van der Waals surface area (Å²) in [7, 11) is 0. The van der Waals surface area contributed by atoms with Crippen LogP contribution >= 0.6 is 0 Å². The lowest BCUT2D eigenvalue weighted by Crippen LogP contribution is -2.06. The smallest absolute Gasteiger partial charge is 0.157 e. The van der Waals surface area contributed by atoms with Crippen LogP contribution in [0.2, 0.25) is 0 Å². The molecule has 1 aliphatic heterocycles. The third-order valence-corrected chi connectivity index (χ3v) is 1.70. The third-order valence-electron chi connectivity index (χ3n) is 1.70. The van der Waals surface area contributed by atoms with E-state index in [0.717, 1.165) is 38.8 Å². The first-order valence-corrected chi connectivity index (χ1v) is 4.10. The van der Waals surface area contributed by atoms with Crippen molar-refractivity contribution in [3.8, 4) is 0 Å². The first-order valence-electron chi connectivity index (χ1n) is 4.10. The largest absolute Gasteiger partial charge is 0.350 e. The summed E-state index contributed by atoms with van der Waals surface area (Å²) < 4.78 is 10.4. The predicted molar refractivity (Wildman–Crippen MR) is 40.2 cm³/mol. The fourth-order valence-electron chi connectivity index (χ4n) is 1.11. The molecule has 64 valence electrons. The summed E-state index contributed by atoms with van der Waals surface area (Å²) in [5, 5.41) is 0. The van der Waals surface area contributed by atoms with Crippen LogP contribution in [-0.4, -0.2) is 25.8 Å². The summed E-state index contributed by atoms with van der Waals surface area (Å²) in [6.45, 7) is 1.44. The van der Waals surface area contributed by atoms with Gasteiger partial charge in [-0.05, 0) is 19.3 Å². The highest BCUT2D eigenvalue weighted by Crippen LogP contribution is 2.11. The molecule has 0 aromatic rings. The van der Waals surface area contributed by atoms with Gasteiger partial charge in [0.05, 0.1) is 13.2 Å². The number of aldehydes is 1. The van der Waals surface area contributed by atoms with Crippen LogP contribution in [-0.2, 0) is 14.3 Å². The molecule has 1 saturated heterocycles. The van der Waals surface area contributed by atoms with Gasteiger partial charge in [0.25, 0.3) is 0 Å². The molecule has 1 heterocycles. The zero-order valence-corrected chi connectivity index (χ0v) is 6.62. The lowest BCUT2D eigenvalue weighted by Gasteiger charge is -2.06. The van der Waals surface area contributed by atoms with Crippen molar-refractivity contribution in [3.63, 3.8) is 0 Å². The highest BCUT2D eigenvalue weighted by molar-refractivity contribution is 5.48. The SMILES string of the molecule is O=CCCCCC1OCCO1. The summed E-state index contributed by atoms with van der Waals surface area (Å²) >= 11 is 0. The van der Waals surface area contributed by atoms with E-state index < -0.39 is 0 Å². The van der Waals surface area contributed by atoms with E-state index in [2.05, 4.69) is 0 Å². The number of rotatable bonds is 5. The number of carbonyl (C=O) groups is 1. The van der Waals surface area contributed by atoms with Crippen molar-refractivity contribution in [1.82, 2.24) is 0 Å². The van der Waals surface area contributed by atoms with E-state index in [1.54, 1.807) is 0 Å². The molecule has 1 aliphatic rings. The Labute approximate surface area is 66.7 Å². The van der Waals surface area contributed by atoms with Gasteiger partial charge in [0, 0.05) is 6.42 Å². The molecule has 3 nitrogen and oxygen atoms in total. The summed E-state index contributed by atoms with van der Waals surface area (Å²) in [4.78, 5) is 9.94. The minimum atomic E-state index is 0.00153. The van der Waals surface area contributed by atoms with Gasteiger partial charge in [-0.25, -0.2) is 0 Å². The molecular formula is C8H14O3. The zero-order chi connectivity index (χ0) is 7.94. The fourth-order valence-corrected chi connectivity index (χ4v) is 1.11. The van der Waals surface area contributed by atoms with E-state index in [4.69, 9.17) is 9.47 Å². The minimum Gasteiger partial charge on any atom is -0.350 e. The maximum absolute atomic E-state index is 9.94. The van der Waals surface area contributed by atoms with Crippen molar-refractivity contribution in [2.75, 3.05) is 13.2 Å². The molecule has 0 unspecified atom stereocenters. The van der Waals surface area contributed by atoms with Gasteiger partial charge in [0.1, 0.15) is 6.29 Å². The molecule has 0 aliphatic carbocycles. The van der Waals surface area contributed by atoms with Crippen molar-refractivity contribution in [1.29, 1.82) is 0 Å². The van der Waals surface area contributed by atoms with E-state index in [-0.39, 0.29) is 6.29 Å². The quantitative estimate of drug-likeness (QED) is 0.444. The van der Waals surface area contributed by atoms with Gasteiger partial charge in [-0.3, -0.25) is 0 Å². The molecule has 0 spiro atoms. The van der Waals surface area contributed by atoms with Crippen LogP contribution in [0.25, 0.3) is 0 Å². The normalized spacial score (nSPS) is 18.9. The van der Waals surface area contributed by atoms with Gasteiger partial charge in [0.2, 0.25) is 0 Å². The molecule has 1 rings (SSSR count). The molecular weight excluding hydrogens is 144 g/mol. The number of unbranched alkanes of at least 4 members (excludes halogenated alkanes) is 2. The molecule has 0 N–H and O–H groups in total. The van der Waals surface area contributed by atoms with Crippen LogP contribution in [0.5, 0.6) is 0 Å². The van der Waals surface area contributed by atoms with Crippen LogP contribution in [0.4, 0.5) is 0 Å². The van der Waals surface area contributed by atoms with Crippen LogP contribution in [0.3, 0.4) is 0 Å². The molecule has 0 aromatic heterocycles. The Bertz CT molecular complexity index is 108. The lowest BCUT2D eigenvalue weighted by molar-refractivity contribution is -0.108. The average molecular weight is 158 g/mol. The van der Waals surface area contributed by atoms with Crippen molar-refractivity contribution >= 4 is 6.29 Å². The van der Waals surface area contributed by atoms with Gasteiger partial charge in [-0.15, -0.1) is 0 Å². The van der Waals surface area contributed by atoms with Gasteiger partial charge in [0.15, 0.2) is 6.29 Å². The minimum absolute atomic E-state index is 0.00153. The van der Waals surface area contributed by atoms with Crippen molar-refractivity contribution in [3.05, 3.63) is 0 Å². The topological polar surface area (TPSA) is 35.5 Å². The van der Waals surface area contributed by atoms with Crippen molar-refractivity contribution in [2.24, 2.45) is 0 Å². The number of hydrogen-bond donors (Lipinski definition) is 0.